The Morgan fingerprint density at radius 3 is 2.90 bits per heavy atom. The molecule has 0 spiro atoms. The van der Waals surface area contributed by atoms with E-state index in [0.29, 0.717) is 19.0 Å². The van der Waals surface area contributed by atoms with Crippen molar-refractivity contribution in [3.8, 4) is 0 Å². The molecule has 1 aliphatic heterocycles. The quantitative estimate of drug-likeness (QED) is 0.846. The van der Waals surface area contributed by atoms with Gasteiger partial charge >= 0.3 is 5.97 Å². The van der Waals surface area contributed by atoms with Crippen LogP contribution in [-0.2, 0) is 16.8 Å². The van der Waals surface area contributed by atoms with Crippen molar-refractivity contribution in [2.45, 2.75) is 26.3 Å². The number of hydrogen-bond donors (Lipinski definition) is 2. The molecule has 0 aliphatic carbocycles. The zero-order chi connectivity index (χ0) is 14.8. The first-order valence-corrected chi connectivity index (χ1v) is 7.89. The van der Waals surface area contributed by atoms with Crippen molar-refractivity contribution < 1.29 is 22.7 Å². The highest BCUT2D eigenvalue weighted by Crippen LogP contribution is 2.18. The molecular weight excluding hydrogens is 284 g/mol. The van der Waals surface area contributed by atoms with Crippen LogP contribution in [0.4, 0.5) is 0 Å². The fraction of sp³-hybridized carbons (Fsp3) is 0.583. The van der Waals surface area contributed by atoms with E-state index in [1.165, 1.54) is 16.4 Å². The van der Waals surface area contributed by atoms with Crippen LogP contribution in [0.2, 0.25) is 0 Å². The first-order chi connectivity index (χ1) is 9.38. The fourth-order valence-corrected chi connectivity index (χ4v) is 3.53. The minimum Gasteiger partial charge on any atom is -0.475 e. The standard InChI is InChI=1S/C12H18N2O5S/c1-9-3-2-6-14(8-9)20(17,18)13-7-10-4-5-11(19-10)12(15)16/h4-5,9,13H,2-3,6-8H2,1H3,(H,15,16). The zero-order valence-corrected chi connectivity index (χ0v) is 12.0. The summed E-state index contributed by atoms with van der Waals surface area (Å²) in [6, 6.07) is 2.75. The van der Waals surface area contributed by atoms with E-state index in [-0.39, 0.29) is 18.1 Å². The molecular formula is C12H18N2O5S. The first kappa shape index (κ1) is 15.0. The van der Waals surface area contributed by atoms with Gasteiger partial charge in [-0.05, 0) is 30.9 Å². The highest BCUT2D eigenvalue weighted by molar-refractivity contribution is 7.87. The Morgan fingerprint density at radius 1 is 1.55 bits per heavy atom. The van der Waals surface area contributed by atoms with Gasteiger partial charge in [0.05, 0.1) is 6.54 Å². The molecule has 1 aromatic heterocycles. The molecule has 1 aromatic rings. The highest BCUT2D eigenvalue weighted by atomic mass is 32.2. The summed E-state index contributed by atoms with van der Waals surface area (Å²) < 4.78 is 33.1. The average Bonchev–Trinajstić information content (AvgIpc) is 2.85. The Balaban J connectivity index is 1.96. The van der Waals surface area contributed by atoms with Crippen LogP contribution in [0.3, 0.4) is 0 Å². The molecule has 0 aromatic carbocycles. The van der Waals surface area contributed by atoms with Crippen LogP contribution in [0.25, 0.3) is 0 Å². The van der Waals surface area contributed by atoms with Crippen LogP contribution in [0.15, 0.2) is 16.5 Å². The molecule has 0 radical (unpaired) electrons. The molecule has 2 N–H and O–H groups in total. The van der Waals surface area contributed by atoms with Crippen LogP contribution < -0.4 is 4.72 Å². The number of hydrogen-bond acceptors (Lipinski definition) is 4. The molecule has 1 fully saturated rings. The molecule has 7 nitrogen and oxygen atoms in total. The van der Waals surface area contributed by atoms with Gasteiger partial charge in [0, 0.05) is 13.1 Å². The number of nitrogens with one attached hydrogen (secondary N) is 1. The molecule has 2 rings (SSSR count). The lowest BCUT2D eigenvalue weighted by molar-refractivity contribution is 0.0660. The molecule has 1 saturated heterocycles. The maximum absolute atomic E-state index is 12.1. The topological polar surface area (TPSA) is 99.9 Å². The maximum atomic E-state index is 12.1. The van der Waals surface area contributed by atoms with E-state index >= 15 is 0 Å². The molecule has 0 bridgehead atoms. The first-order valence-electron chi connectivity index (χ1n) is 6.45. The Morgan fingerprint density at radius 2 is 2.30 bits per heavy atom. The van der Waals surface area contributed by atoms with E-state index in [2.05, 4.69) is 4.72 Å². The molecule has 1 aliphatic rings. The summed E-state index contributed by atoms with van der Waals surface area (Å²) in [5, 5.41) is 8.72. The number of carboxylic acid groups (broad SMARTS) is 1. The van der Waals surface area contributed by atoms with Crippen molar-refractivity contribution in [1.29, 1.82) is 0 Å². The molecule has 2 heterocycles. The van der Waals surface area contributed by atoms with Gasteiger partial charge in [0.15, 0.2) is 0 Å². The fourth-order valence-electron chi connectivity index (χ4n) is 2.21. The maximum Gasteiger partial charge on any atom is 0.371 e. The minimum atomic E-state index is -3.55. The van der Waals surface area contributed by atoms with E-state index in [1.807, 2.05) is 6.92 Å². The third-order valence-corrected chi connectivity index (χ3v) is 4.78. The summed E-state index contributed by atoms with van der Waals surface area (Å²) in [5.74, 6) is -0.756. The molecule has 20 heavy (non-hydrogen) atoms. The van der Waals surface area contributed by atoms with Crippen molar-refractivity contribution in [2.75, 3.05) is 13.1 Å². The Hall–Kier alpha value is -1.38. The van der Waals surface area contributed by atoms with E-state index in [9.17, 15) is 13.2 Å². The predicted octanol–water partition coefficient (Wildman–Crippen LogP) is 1.04. The van der Waals surface area contributed by atoms with Crippen molar-refractivity contribution in [3.05, 3.63) is 23.7 Å². The third-order valence-electron chi connectivity index (χ3n) is 3.26. The number of furan rings is 1. The van der Waals surface area contributed by atoms with Crippen LogP contribution in [0.5, 0.6) is 0 Å². The number of piperidine rings is 1. The van der Waals surface area contributed by atoms with Crippen molar-refractivity contribution in [3.63, 3.8) is 0 Å². The molecule has 112 valence electrons. The van der Waals surface area contributed by atoms with Crippen molar-refractivity contribution in [1.82, 2.24) is 9.03 Å². The van der Waals surface area contributed by atoms with Crippen molar-refractivity contribution >= 4 is 16.2 Å². The number of nitrogens with zero attached hydrogens (tertiary/aromatic N) is 1. The number of carbonyl (C=O) groups is 1. The number of aromatic carboxylic acids is 1. The zero-order valence-electron chi connectivity index (χ0n) is 11.2. The largest absolute Gasteiger partial charge is 0.475 e. The van der Waals surface area contributed by atoms with E-state index in [0.717, 1.165) is 12.8 Å². The summed E-state index contributed by atoms with van der Waals surface area (Å²) >= 11 is 0. The second kappa shape index (κ2) is 5.94. The summed E-state index contributed by atoms with van der Waals surface area (Å²) in [6.07, 6.45) is 1.89. The molecule has 1 unspecified atom stereocenters. The molecule has 8 heteroatoms. The summed E-state index contributed by atoms with van der Waals surface area (Å²) in [4.78, 5) is 10.7. The van der Waals surface area contributed by atoms with E-state index in [1.54, 1.807) is 0 Å². The second-order valence-corrected chi connectivity index (χ2v) is 6.76. The SMILES string of the molecule is CC1CCCN(S(=O)(=O)NCc2ccc(C(=O)O)o2)C1. The monoisotopic (exact) mass is 302 g/mol. The minimum absolute atomic E-state index is 0.0551. The molecule has 1 atom stereocenters. The lowest BCUT2D eigenvalue weighted by Crippen LogP contribution is -2.45. The number of carboxylic acids is 1. The smallest absolute Gasteiger partial charge is 0.371 e. The van der Waals surface area contributed by atoms with Gasteiger partial charge < -0.3 is 9.52 Å². The highest BCUT2D eigenvalue weighted by Gasteiger charge is 2.26. The lowest BCUT2D eigenvalue weighted by Gasteiger charge is -2.29. The molecule has 0 saturated carbocycles. The van der Waals surface area contributed by atoms with E-state index < -0.39 is 16.2 Å². The van der Waals surface area contributed by atoms with Gasteiger partial charge in [0.1, 0.15) is 5.76 Å². The second-order valence-electron chi connectivity index (χ2n) is 5.00. The predicted molar refractivity (Wildman–Crippen MR) is 71.4 cm³/mol. The van der Waals surface area contributed by atoms with E-state index in [4.69, 9.17) is 9.52 Å². The van der Waals surface area contributed by atoms with Crippen LogP contribution in [0.1, 0.15) is 36.1 Å². The summed E-state index contributed by atoms with van der Waals surface area (Å²) in [5.41, 5.74) is 0. The van der Waals surface area contributed by atoms with Gasteiger partial charge in [-0.3, -0.25) is 0 Å². The van der Waals surface area contributed by atoms with Gasteiger partial charge in [0.25, 0.3) is 10.2 Å². The normalized spacial score (nSPS) is 20.9. The van der Waals surface area contributed by atoms with Gasteiger partial charge in [0.2, 0.25) is 5.76 Å². The van der Waals surface area contributed by atoms with Crippen LogP contribution in [-0.4, -0.2) is 36.9 Å². The van der Waals surface area contributed by atoms with Gasteiger partial charge in [-0.2, -0.15) is 17.4 Å². The number of rotatable bonds is 5. The van der Waals surface area contributed by atoms with Gasteiger partial charge in [-0.15, -0.1) is 0 Å². The van der Waals surface area contributed by atoms with Crippen LogP contribution >= 0.6 is 0 Å². The Bertz CT molecular complexity index is 580. The lowest BCUT2D eigenvalue weighted by atomic mass is 10.0. The Labute approximate surface area is 117 Å². The third kappa shape index (κ3) is 3.59. The van der Waals surface area contributed by atoms with Crippen molar-refractivity contribution in [2.24, 2.45) is 5.92 Å². The summed E-state index contributed by atoms with van der Waals surface area (Å²) in [7, 11) is -3.55. The Kier molecular flexibility index (Phi) is 4.46. The molecule has 0 amide bonds. The van der Waals surface area contributed by atoms with Gasteiger partial charge in [-0.1, -0.05) is 6.92 Å². The van der Waals surface area contributed by atoms with Crippen LogP contribution in [0, 0.1) is 5.92 Å². The summed E-state index contributed by atoms with van der Waals surface area (Å²) in [6.45, 7) is 2.99. The van der Waals surface area contributed by atoms with Gasteiger partial charge in [-0.25, -0.2) is 4.79 Å². The average molecular weight is 302 g/mol.